The minimum Gasteiger partial charge on any atom is -0.378 e. The zero-order chi connectivity index (χ0) is 11.4. The average molecular weight is 222 g/mol. The molecule has 0 radical (unpaired) electrons. The highest BCUT2D eigenvalue weighted by molar-refractivity contribution is 5.77. The third-order valence-corrected chi connectivity index (χ3v) is 3.20. The average Bonchev–Trinajstić information content (AvgIpc) is 2.98. The Hall–Kier alpha value is -1.08. The number of nitriles is 1. The molecule has 1 heterocycles. The summed E-state index contributed by atoms with van der Waals surface area (Å²) in [6.45, 7) is 1.38. The van der Waals surface area contributed by atoms with E-state index >= 15 is 0 Å². The zero-order valence-corrected chi connectivity index (χ0v) is 9.52. The van der Waals surface area contributed by atoms with Crippen molar-refractivity contribution in [3.8, 4) is 6.07 Å². The van der Waals surface area contributed by atoms with Gasteiger partial charge in [-0.3, -0.25) is 4.79 Å². The number of hydrogen-bond acceptors (Lipinski definition) is 3. The van der Waals surface area contributed by atoms with Gasteiger partial charge in [0.15, 0.2) is 0 Å². The third kappa shape index (κ3) is 2.96. The molecular formula is C12H18N2O2. The maximum Gasteiger partial charge on any atom is 0.225 e. The number of amides is 1. The molecule has 88 valence electrons. The molecule has 1 saturated heterocycles. The molecular weight excluding hydrogens is 204 g/mol. The SMILES string of the molecule is N#CCCN(C(=O)CC1CCCO1)C1CC1. The van der Waals surface area contributed by atoms with Gasteiger partial charge in [-0.1, -0.05) is 0 Å². The molecule has 4 nitrogen and oxygen atoms in total. The number of carbonyl (C=O) groups is 1. The van der Waals surface area contributed by atoms with E-state index in [-0.39, 0.29) is 12.0 Å². The van der Waals surface area contributed by atoms with Crippen LogP contribution in [-0.4, -0.2) is 36.1 Å². The van der Waals surface area contributed by atoms with Gasteiger partial charge in [0.1, 0.15) is 0 Å². The smallest absolute Gasteiger partial charge is 0.225 e. The zero-order valence-electron chi connectivity index (χ0n) is 9.52. The second kappa shape index (κ2) is 5.31. The molecule has 16 heavy (non-hydrogen) atoms. The maximum atomic E-state index is 12.0. The van der Waals surface area contributed by atoms with E-state index in [1.807, 2.05) is 4.90 Å². The van der Waals surface area contributed by atoms with Crippen molar-refractivity contribution in [1.82, 2.24) is 4.90 Å². The first kappa shape index (κ1) is 11.4. The van der Waals surface area contributed by atoms with Crippen LogP contribution in [0.15, 0.2) is 0 Å². The van der Waals surface area contributed by atoms with Crippen LogP contribution in [0.4, 0.5) is 0 Å². The molecule has 0 bridgehead atoms. The van der Waals surface area contributed by atoms with Gasteiger partial charge in [0.25, 0.3) is 0 Å². The number of carbonyl (C=O) groups excluding carboxylic acids is 1. The van der Waals surface area contributed by atoms with Crippen molar-refractivity contribution in [1.29, 1.82) is 5.26 Å². The summed E-state index contributed by atoms with van der Waals surface area (Å²) in [6, 6.07) is 2.51. The van der Waals surface area contributed by atoms with E-state index in [0.717, 1.165) is 32.3 Å². The predicted molar refractivity (Wildman–Crippen MR) is 58.6 cm³/mol. The van der Waals surface area contributed by atoms with E-state index in [1.165, 1.54) is 0 Å². The van der Waals surface area contributed by atoms with Gasteiger partial charge in [-0.2, -0.15) is 5.26 Å². The third-order valence-electron chi connectivity index (χ3n) is 3.20. The highest BCUT2D eigenvalue weighted by Gasteiger charge is 2.33. The first-order valence-electron chi connectivity index (χ1n) is 6.09. The number of nitrogens with zero attached hydrogens (tertiary/aromatic N) is 2. The lowest BCUT2D eigenvalue weighted by Gasteiger charge is -2.22. The summed E-state index contributed by atoms with van der Waals surface area (Å²) in [4.78, 5) is 13.9. The lowest BCUT2D eigenvalue weighted by Crippen LogP contribution is -2.35. The summed E-state index contributed by atoms with van der Waals surface area (Å²) in [5.41, 5.74) is 0. The molecule has 0 aromatic rings. The minimum absolute atomic E-state index is 0.121. The highest BCUT2D eigenvalue weighted by atomic mass is 16.5. The fraction of sp³-hybridized carbons (Fsp3) is 0.833. The van der Waals surface area contributed by atoms with Gasteiger partial charge in [-0.15, -0.1) is 0 Å². The molecule has 1 unspecified atom stereocenters. The predicted octanol–water partition coefficient (Wildman–Crippen LogP) is 1.46. The van der Waals surface area contributed by atoms with Crippen molar-refractivity contribution >= 4 is 5.91 Å². The first-order valence-corrected chi connectivity index (χ1v) is 6.09. The van der Waals surface area contributed by atoms with Gasteiger partial charge in [-0.25, -0.2) is 0 Å². The summed E-state index contributed by atoms with van der Waals surface area (Å²) in [7, 11) is 0. The summed E-state index contributed by atoms with van der Waals surface area (Å²) in [6.07, 6.45) is 5.33. The number of rotatable bonds is 5. The molecule has 0 N–H and O–H groups in total. The lowest BCUT2D eigenvalue weighted by molar-refractivity contribution is -0.134. The van der Waals surface area contributed by atoms with Gasteiger partial charge >= 0.3 is 0 Å². The monoisotopic (exact) mass is 222 g/mol. The second-order valence-corrected chi connectivity index (χ2v) is 4.57. The molecule has 1 amide bonds. The molecule has 0 spiro atoms. The van der Waals surface area contributed by atoms with Crippen LogP contribution in [0.2, 0.25) is 0 Å². The largest absolute Gasteiger partial charge is 0.378 e. The molecule has 2 fully saturated rings. The molecule has 2 rings (SSSR count). The fourth-order valence-electron chi connectivity index (χ4n) is 2.18. The van der Waals surface area contributed by atoms with Gasteiger partial charge in [0.05, 0.1) is 25.0 Å². The van der Waals surface area contributed by atoms with E-state index in [1.54, 1.807) is 0 Å². The Morgan fingerprint density at radius 2 is 2.25 bits per heavy atom. The normalized spacial score (nSPS) is 24.1. The number of ether oxygens (including phenoxy) is 1. The van der Waals surface area contributed by atoms with Crippen LogP contribution in [0.1, 0.15) is 38.5 Å². The van der Waals surface area contributed by atoms with Crippen molar-refractivity contribution < 1.29 is 9.53 Å². The Balaban J connectivity index is 1.81. The Kier molecular flexibility index (Phi) is 3.79. The van der Waals surface area contributed by atoms with E-state index in [9.17, 15) is 4.79 Å². The molecule has 1 aliphatic heterocycles. The lowest BCUT2D eigenvalue weighted by atomic mass is 10.1. The standard InChI is InChI=1S/C12H18N2O2/c13-6-2-7-14(10-4-5-10)12(15)9-11-3-1-8-16-11/h10-11H,1-5,7-9H2. The summed E-state index contributed by atoms with van der Waals surface area (Å²) >= 11 is 0. The molecule has 1 saturated carbocycles. The van der Waals surface area contributed by atoms with E-state index in [0.29, 0.717) is 25.4 Å². The van der Waals surface area contributed by atoms with Gasteiger partial charge < -0.3 is 9.64 Å². The van der Waals surface area contributed by atoms with Crippen molar-refractivity contribution in [2.45, 2.75) is 50.7 Å². The van der Waals surface area contributed by atoms with Gasteiger partial charge in [0, 0.05) is 19.2 Å². The van der Waals surface area contributed by atoms with Crippen LogP contribution in [-0.2, 0) is 9.53 Å². The van der Waals surface area contributed by atoms with E-state index in [4.69, 9.17) is 10.00 Å². The van der Waals surface area contributed by atoms with Crippen LogP contribution >= 0.6 is 0 Å². The summed E-state index contributed by atoms with van der Waals surface area (Å²) < 4.78 is 5.47. The van der Waals surface area contributed by atoms with Gasteiger partial charge in [-0.05, 0) is 25.7 Å². The first-order chi connectivity index (χ1) is 7.81. The van der Waals surface area contributed by atoms with Crippen LogP contribution in [0.25, 0.3) is 0 Å². The Morgan fingerprint density at radius 3 is 2.81 bits per heavy atom. The van der Waals surface area contributed by atoms with Crippen molar-refractivity contribution in [3.05, 3.63) is 0 Å². The molecule has 1 atom stereocenters. The quantitative estimate of drug-likeness (QED) is 0.707. The highest BCUT2D eigenvalue weighted by Crippen LogP contribution is 2.28. The molecule has 0 aromatic carbocycles. The minimum atomic E-state index is 0.121. The van der Waals surface area contributed by atoms with Gasteiger partial charge in [0.2, 0.25) is 5.91 Å². The van der Waals surface area contributed by atoms with Crippen molar-refractivity contribution in [2.24, 2.45) is 0 Å². The van der Waals surface area contributed by atoms with Crippen molar-refractivity contribution in [3.63, 3.8) is 0 Å². The summed E-state index contributed by atoms with van der Waals surface area (Å²) in [5.74, 6) is 0.171. The van der Waals surface area contributed by atoms with E-state index in [2.05, 4.69) is 6.07 Å². The topological polar surface area (TPSA) is 53.3 Å². The van der Waals surface area contributed by atoms with E-state index < -0.39 is 0 Å². The van der Waals surface area contributed by atoms with Crippen LogP contribution in [0, 0.1) is 11.3 Å². The Morgan fingerprint density at radius 1 is 1.44 bits per heavy atom. The van der Waals surface area contributed by atoms with Crippen molar-refractivity contribution in [2.75, 3.05) is 13.2 Å². The molecule has 4 heteroatoms. The Labute approximate surface area is 96.2 Å². The second-order valence-electron chi connectivity index (χ2n) is 4.57. The molecule has 0 aromatic heterocycles. The fourth-order valence-corrected chi connectivity index (χ4v) is 2.18. The van der Waals surface area contributed by atoms with Crippen LogP contribution < -0.4 is 0 Å². The maximum absolute atomic E-state index is 12.0. The van der Waals surface area contributed by atoms with Crippen LogP contribution in [0.3, 0.4) is 0 Å². The Bertz CT molecular complexity index is 288. The summed E-state index contributed by atoms with van der Waals surface area (Å²) in [5, 5.41) is 8.57. The number of hydrogen-bond donors (Lipinski definition) is 0. The molecule has 1 aliphatic carbocycles. The molecule has 2 aliphatic rings. The van der Waals surface area contributed by atoms with Crippen LogP contribution in [0.5, 0.6) is 0 Å².